The van der Waals surface area contributed by atoms with E-state index in [2.05, 4.69) is 15.0 Å². The lowest BCUT2D eigenvalue weighted by Gasteiger charge is -2.13. The average molecular weight is 420 g/mol. The van der Waals surface area contributed by atoms with Crippen LogP contribution in [0.25, 0.3) is 10.9 Å². The minimum atomic E-state index is -3.46. The van der Waals surface area contributed by atoms with Crippen molar-refractivity contribution in [1.82, 2.24) is 4.98 Å². The van der Waals surface area contributed by atoms with Gasteiger partial charge in [0.05, 0.1) is 35.8 Å². The molecule has 1 amide bonds. The van der Waals surface area contributed by atoms with Crippen molar-refractivity contribution < 1.29 is 17.9 Å². The average Bonchev–Trinajstić information content (AvgIpc) is 2.61. The Hall–Kier alpha value is -2.84. The van der Waals surface area contributed by atoms with Gasteiger partial charge in [0.15, 0.2) is 0 Å². The van der Waals surface area contributed by atoms with Gasteiger partial charge in [0.1, 0.15) is 5.75 Å². The van der Waals surface area contributed by atoms with Gasteiger partial charge in [-0.05, 0) is 43.3 Å². The topological polar surface area (TPSA) is 97.4 Å². The number of rotatable bonds is 5. The van der Waals surface area contributed by atoms with Crippen LogP contribution in [0.3, 0.4) is 0 Å². The molecule has 2 aromatic carbocycles. The number of carbonyl (C=O) groups is 1. The molecule has 0 atom stereocenters. The third-order valence-corrected chi connectivity index (χ3v) is 4.79. The number of halogens is 1. The molecule has 0 unspecified atom stereocenters. The Bertz CT molecular complexity index is 1180. The van der Waals surface area contributed by atoms with Gasteiger partial charge >= 0.3 is 0 Å². The number of carbonyl (C=O) groups excluding carboxylic acids is 1. The second kappa shape index (κ2) is 7.65. The number of methoxy groups -OCH3 is 1. The second-order valence-electron chi connectivity index (χ2n) is 6.20. The smallest absolute Gasteiger partial charge is 0.257 e. The maximum atomic E-state index is 12.7. The Morgan fingerprint density at radius 1 is 1.14 bits per heavy atom. The van der Waals surface area contributed by atoms with E-state index in [1.54, 1.807) is 37.3 Å². The highest BCUT2D eigenvalue weighted by molar-refractivity contribution is 7.92. The fraction of sp³-hybridized carbons (Fsp3) is 0.158. The number of benzene rings is 2. The Labute approximate surface area is 167 Å². The van der Waals surface area contributed by atoms with E-state index >= 15 is 0 Å². The highest BCUT2D eigenvalue weighted by atomic mass is 35.5. The minimum Gasteiger partial charge on any atom is -0.494 e. The largest absolute Gasteiger partial charge is 0.494 e. The van der Waals surface area contributed by atoms with Crippen molar-refractivity contribution in [3.8, 4) is 5.75 Å². The number of nitrogens with zero attached hydrogens (tertiary/aromatic N) is 1. The molecule has 1 aromatic heterocycles. The van der Waals surface area contributed by atoms with Gasteiger partial charge in [-0.15, -0.1) is 0 Å². The molecule has 1 heterocycles. The quantitative estimate of drug-likeness (QED) is 0.655. The molecule has 28 heavy (non-hydrogen) atoms. The number of pyridine rings is 1. The predicted molar refractivity (Wildman–Crippen MR) is 111 cm³/mol. The molecule has 0 spiro atoms. The van der Waals surface area contributed by atoms with E-state index in [4.69, 9.17) is 16.3 Å². The molecule has 0 aliphatic carbocycles. The maximum Gasteiger partial charge on any atom is 0.257 e. The van der Waals surface area contributed by atoms with Crippen LogP contribution >= 0.6 is 11.6 Å². The van der Waals surface area contributed by atoms with Gasteiger partial charge in [0.25, 0.3) is 5.91 Å². The van der Waals surface area contributed by atoms with Gasteiger partial charge in [0, 0.05) is 22.2 Å². The fourth-order valence-electron chi connectivity index (χ4n) is 2.72. The monoisotopic (exact) mass is 419 g/mol. The second-order valence-corrected chi connectivity index (χ2v) is 8.39. The molecule has 0 fully saturated rings. The first-order valence-corrected chi connectivity index (χ1v) is 10.5. The summed E-state index contributed by atoms with van der Waals surface area (Å²) in [5.41, 5.74) is 2.46. The lowest BCUT2D eigenvalue weighted by Crippen LogP contribution is -2.15. The van der Waals surface area contributed by atoms with E-state index in [9.17, 15) is 13.2 Å². The zero-order chi connectivity index (χ0) is 20.5. The SMILES string of the molecule is COc1cc(NC(=O)c2cc3cc(Cl)ccc3nc2C)ccc1NS(C)(=O)=O. The van der Waals surface area contributed by atoms with Crippen molar-refractivity contribution in [2.45, 2.75) is 6.92 Å². The van der Waals surface area contributed by atoms with Crippen molar-refractivity contribution in [2.24, 2.45) is 0 Å². The number of aromatic nitrogens is 1. The zero-order valence-corrected chi connectivity index (χ0v) is 17.0. The highest BCUT2D eigenvalue weighted by Crippen LogP contribution is 2.29. The molecule has 2 N–H and O–H groups in total. The van der Waals surface area contributed by atoms with E-state index in [1.165, 1.54) is 19.2 Å². The number of aryl methyl sites for hydroxylation is 1. The summed E-state index contributed by atoms with van der Waals surface area (Å²) in [5.74, 6) is -0.0684. The number of anilines is 2. The summed E-state index contributed by atoms with van der Waals surface area (Å²) in [5, 5.41) is 4.09. The molecule has 0 saturated heterocycles. The number of hydrogen-bond acceptors (Lipinski definition) is 5. The van der Waals surface area contributed by atoms with Gasteiger partial charge < -0.3 is 10.1 Å². The normalized spacial score (nSPS) is 11.3. The van der Waals surface area contributed by atoms with Crippen LogP contribution < -0.4 is 14.8 Å². The van der Waals surface area contributed by atoms with Crippen LogP contribution in [0.1, 0.15) is 16.1 Å². The summed E-state index contributed by atoms with van der Waals surface area (Å²) in [6.07, 6.45) is 1.05. The molecule has 0 aliphatic rings. The van der Waals surface area contributed by atoms with Crippen LogP contribution in [0.4, 0.5) is 11.4 Å². The van der Waals surface area contributed by atoms with Crippen LogP contribution in [0, 0.1) is 6.92 Å². The van der Waals surface area contributed by atoms with Crippen molar-refractivity contribution >= 4 is 49.8 Å². The van der Waals surface area contributed by atoms with Crippen LogP contribution in [0.15, 0.2) is 42.5 Å². The molecule has 0 bridgehead atoms. The molecule has 9 heteroatoms. The van der Waals surface area contributed by atoms with E-state index in [0.29, 0.717) is 22.0 Å². The Morgan fingerprint density at radius 2 is 1.89 bits per heavy atom. The lowest BCUT2D eigenvalue weighted by molar-refractivity contribution is 0.102. The molecule has 7 nitrogen and oxygen atoms in total. The number of fused-ring (bicyclic) bond motifs is 1. The fourth-order valence-corrected chi connectivity index (χ4v) is 3.47. The number of ether oxygens (including phenoxy) is 1. The van der Waals surface area contributed by atoms with Crippen LogP contribution in [-0.2, 0) is 10.0 Å². The van der Waals surface area contributed by atoms with Gasteiger partial charge in [-0.25, -0.2) is 8.42 Å². The Kier molecular flexibility index (Phi) is 5.44. The summed E-state index contributed by atoms with van der Waals surface area (Å²) < 4.78 is 30.4. The third kappa shape index (κ3) is 4.52. The summed E-state index contributed by atoms with van der Waals surface area (Å²) in [6, 6.07) is 11.6. The summed E-state index contributed by atoms with van der Waals surface area (Å²) in [4.78, 5) is 17.2. The van der Waals surface area contributed by atoms with Crippen molar-refractivity contribution in [3.63, 3.8) is 0 Å². The van der Waals surface area contributed by atoms with Crippen LogP contribution in [-0.4, -0.2) is 32.7 Å². The van der Waals surface area contributed by atoms with Crippen LogP contribution in [0.2, 0.25) is 5.02 Å². The molecule has 3 aromatic rings. The van der Waals surface area contributed by atoms with E-state index < -0.39 is 10.0 Å². The minimum absolute atomic E-state index is 0.279. The summed E-state index contributed by atoms with van der Waals surface area (Å²) in [7, 11) is -2.04. The number of hydrogen-bond donors (Lipinski definition) is 2. The van der Waals surface area contributed by atoms with Crippen molar-refractivity contribution in [3.05, 3.63) is 58.7 Å². The van der Waals surface area contributed by atoms with Gasteiger partial charge in [-0.1, -0.05) is 11.6 Å². The Balaban J connectivity index is 1.90. The first-order valence-electron chi connectivity index (χ1n) is 8.20. The van der Waals surface area contributed by atoms with Crippen LogP contribution in [0.5, 0.6) is 5.75 Å². The number of nitrogens with one attached hydrogen (secondary N) is 2. The summed E-state index contributed by atoms with van der Waals surface area (Å²) >= 11 is 6.02. The molecule has 0 radical (unpaired) electrons. The number of amides is 1. The predicted octanol–water partition coefficient (Wildman–Crippen LogP) is 3.83. The molecule has 3 rings (SSSR count). The third-order valence-electron chi connectivity index (χ3n) is 3.97. The van der Waals surface area contributed by atoms with Gasteiger partial charge in [-0.3, -0.25) is 14.5 Å². The first kappa shape index (κ1) is 19.9. The molecular weight excluding hydrogens is 402 g/mol. The van der Waals surface area contributed by atoms with Gasteiger partial charge in [0.2, 0.25) is 10.0 Å². The van der Waals surface area contributed by atoms with E-state index in [0.717, 1.165) is 17.2 Å². The van der Waals surface area contributed by atoms with E-state index in [1.807, 2.05) is 0 Å². The van der Waals surface area contributed by atoms with E-state index in [-0.39, 0.29) is 17.3 Å². The lowest BCUT2D eigenvalue weighted by atomic mass is 10.1. The zero-order valence-electron chi connectivity index (χ0n) is 15.4. The molecule has 0 saturated carbocycles. The number of sulfonamides is 1. The molecule has 146 valence electrons. The maximum absolute atomic E-state index is 12.7. The molecular formula is C19H18ClN3O4S. The van der Waals surface area contributed by atoms with Gasteiger partial charge in [-0.2, -0.15) is 0 Å². The molecule has 0 aliphatic heterocycles. The van der Waals surface area contributed by atoms with Crippen molar-refractivity contribution in [1.29, 1.82) is 0 Å². The summed E-state index contributed by atoms with van der Waals surface area (Å²) in [6.45, 7) is 1.75. The highest BCUT2D eigenvalue weighted by Gasteiger charge is 2.14. The Morgan fingerprint density at radius 3 is 2.57 bits per heavy atom. The van der Waals surface area contributed by atoms with Crippen molar-refractivity contribution in [2.75, 3.05) is 23.4 Å². The first-order chi connectivity index (χ1) is 13.2. The standard InChI is InChI=1S/C19H18ClN3O4S/c1-11-15(9-12-8-13(20)4-6-16(12)21-11)19(24)22-14-5-7-17(18(10-14)27-2)23-28(3,25)26/h4-10,23H,1-3H3,(H,22,24).